The smallest absolute Gasteiger partial charge is 0.339 e. The average molecular weight is 476 g/mol. The summed E-state index contributed by atoms with van der Waals surface area (Å²) in [6.07, 6.45) is 2.38. The lowest BCUT2D eigenvalue weighted by molar-refractivity contribution is -0.135. The molecule has 0 aromatic heterocycles. The van der Waals surface area contributed by atoms with Crippen LogP contribution in [0.5, 0.6) is 11.5 Å². The van der Waals surface area contributed by atoms with E-state index in [4.69, 9.17) is 13.7 Å². The van der Waals surface area contributed by atoms with Crippen LogP contribution < -0.4 is 8.92 Å². The average Bonchev–Trinajstić information content (AvgIpc) is 3.25. The fourth-order valence-electron chi connectivity index (χ4n) is 3.69. The van der Waals surface area contributed by atoms with E-state index in [-0.39, 0.29) is 28.1 Å². The fourth-order valence-corrected chi connectivity index (χ4v) is 4.61. The van der Waals surface area contributed by atoms with Crippen LogP contribution in [0, 0.1) is 5.41 Å². The van der Waals surface area contributed by atoms with E-state index in [2.05, 4.69) is 0 Å². The minimum atomic E-state index is -4.00. The number of amides is 1. The van der Waals surface area contributed by atoms with E-state index in [1.54, 1.807) is 35.2 Å². The molecule has 0 aliphatic carbocycles. The molecule has 33 heavy (non-hydrogen) atoms. The largest absolute Gasteiger partial charge is 0.497 e. The lowest BCUT2D eigenvalue weighted by Crippen LogP contribution is -2.38. The molecule has 1 saturated heterocycles. The standard InChI is InChI=1S/C25H33NO6S/c1-25(2,3)16-24(27)26(18-22-9-6-14-31-22)17-19-7-5-8-21(15-19)32-33(28,29)23-12-10-20(30-4)11-13-23/h5,7-8,10-13,15,22H,6,9,14,16-18H2,1-4H3/t22-/m0/s1. The second-order valence-electron chi connectivity index (χ2n) is 9.51. The van der Waals surface area contributed by atoms with Gasteiger partial charge in [0.2, 0.25) is 5.91 Å². The van der Waals surface area contributed by atoms with Crippen LogP contribution in [-0.2, 0) is 26.2 Å². The number of ether oxygens (including phenoxy) is 2. The van der Waals surface area contributed by atoms with Crippen LogP contribution >= 0.6 is 0 Å². The molecule has 1 heterocycles. The molecular formula is C25H33NO6S. The quantitative estimate of drug-likeness (QED) is 0.500. The fraction of sp³-hybridized carbons (Fsp3) is 0.480. The van der Waals surface area contributed by atoms with E-state index >= 15 is 0 Å². The van der Waals surface area contributed by atoms with Crippen molar-refractivity contribution in [3.63, 3.8) is 0 Å². The van der Waals surface area contributed by atoms with Crippen molar-refractivity contribution >= 4 is 16.0 Å². The van der Waals surface area contributed by atoms with Crippen molar-refractivity contribution in [2.45, 2.75) is 57.6 Å². The summed E-state index contributed by atoms with van der Waals surface area (Å²) in [5.41, 5.74) is 0.654. The summed E-state index contributed by atoms with van der Waals surface area (Å²) in [7, 11) is -2.48. The molecular weight excluding hydrogens is 442 g/mol. The molecule has 7 nitrogen and oxygen atoms in total. The Hall–Kier alpha value is -2.58. The highest BCUT2D eigenvalue weighted by Gasteiger charge is 2.26. The molecule has 0 bridgehead atoms. The van der Waals surface area contributed by atoms with Crippen molar-refractivity contribution in [1.82, 2.24) is 4.90 Å². The van der Waals surface area contributed by atoms with Crippen molar-refractivity contribution in [3.05, 3.63) is 54.1 Å². The van der Waals surface area contributed by atoms with E-state index < -0.39 is 10.1 Å². The van der Waals surface area contributed by atoms with Gasteiger partial charge >= 0.3 is 10.1 Å². The Labute approximate surface area is 196 Å². The second-order valence-corrected chi connectivity index (χ2v) is 11.1. The number of hydrogen-bond acceptors (Lipinski definition) is 6. The summed E-state index contributed by atoms with van der Waals surface area (Å²) in [4.78, 5) is 14.9. The number of carbonyl (C=O) groups excluding carboxylic acids is 1. The molecule has 0 unspecified atom stereocenters. The summed E-state index contributed by atoms with van der Waals surface area (Å²) in [5, 5.41) is 0. The molecule has 3 rings (SSSR count). The Bertz CT molecular complexity index is 1040. The summed E-state index contributed by atoms with van der Waals surface area (Å²) < 4.78 is 41.6. The third-order valence-electron chi connectivity index (χ3n) is 5.31. The van der Waals surface area contributed by atoms with Crippen LogP contribution in [0.25, 0.3) is 0 Å². The van der Waals surface area contributed by atoms with Crippen LogP contribution in [0.3, 0.4) is 0 Å². The molecule has 0 N–H and O–H groups in total. The maximum atomic E-state index is 13.0. The van der Waals surface area contributed by atoms with Crippen LogP contribution in [0.2, 0.25) is 0 Å². The van der Waals surface area contributed by atoms with Crippen LogP contribution in [-0.4, -0.2) is 45.6 Å². The van der Waals surface area contributed by atoms with Gasteiger partial charge in [0.15, 0.2) is 0 Å². The Morgan fingerprint density at radius 1 is 1.12 bits per heavy atom. The predicted molar refractivity (Wildman–Crippen MR) is 126 cm³/mol. The van der Waals surface area contributed by atoms with Crippen LogP contribution in [0.1, 0.15) is 45.6 Å². The first kappa shape index (κ1) is 25.1. The van der Waals surface area contributed by atoms with Gasteiger partial charge in [-0.05, 0) is 60.2 Å². The maximum absolute atomic E-state index is 13.0. The van der Waals surface area contributed by atoms with Gasteiger partial charge in [-0.15, -0.1) is 0 Å². The zero-order valence-corrected chi connectivity index (χ0v) is 20.6. The monoisotopic (exact) mass is 475 g/mol. The molecule has 2 aromatic rings. The Kier molecular flexibility index (Phi) is 8.02. The minimum Gasteiger partial charge on any atom is -0.497 e. The molecule has 1 fully saturated rings. The molecule has 0 saturated carbocycles. The van der Waals surface area contributed by atoms with Crippen LogP contribution in [0.15, 0.2) is 53.4 Å². The number of methoxy groups -OCH3 is 1. The molecule has 0 radical (unpaired) electrons. The molecule has 2 aromatic carbocycles. The first-order valence-electron chi connectivity index (χ1n) is 11.1. The van der Waals surface area contributed by atoms with Gasteiger partial charge in [-0.3, -0.25) is 4.79 Å². The predicted octanol–water partition coefficient (Wildman–Crippen LogP) is 4.41. The number of nitrogens with zero attached hydrogens (tertiary/aromatic N) is 1. The topological polar surface area (TPSA) is 82.1 Å². The van der Waals surface area contributed by atoms with Gasteiger partial charge in [0.25, 0.3) is 0 Å². The van der Waals surface area contributed by atoms with E-state index in [9.17, 15) is 13.2 Å². The van der Waals surface area contributed by atoms with E-state index in [0.717, 1.165) is 25.0 Å². The van der Waals surface area contributed by atoms with Gasteiger partial charge in [0.1, 0.15) is 16.4 Å². The highest BCUT2D eigenvalue weighted by molar-refractivity contribution is 7.87. The molecule has 1 aliphatic heterocycles. The number of rotatable bonds is 9. The van der Waals surface area contributed by atoms with E-state index in [0.29, 0.717) is 25.3 Å². The summed E-state index contributed by atoms with van der Waals surface area (Å²) in [6.45, 7) is 7.70. The molecule has 1 atom stereocenters. The summed E-state index contributed by atoms with van der Waals surface area (Å²) in [6, 6.07) is 12.8. The third kappa shape index (κ3) is 7.47. The van der Waals surface area contributed by atoms with Gasteiger partial charge in [0, 0.05) is 26.1 Å². The lowest BCUT2D eigenvalue weighted by atomic mass is 9.91. The van der Waals surface area contributed by atoms with Crippen molar-refractivity contribution in [2.24, 2.45) is 5.41 Å². The lowest BCUT2D eigenvalue weighted by Gasteiger charge is -2.29. The van der Waals surface area contributed by atoms with Crippen molar-refractivity contribution < 1.29 is 26.9 Å². The molecule has 1 amide bonds. The molecule has 180 valence electrons. The first-order chi connectivity index (χ1) is 15.6. The molecule has 0 spiro atoms. The van der Waals surface area contributed by atoms with E-state index in [1.165, 1.54) is 19.2 Å². The maximum Gasteiger partial charge on any atom is 0.339 e. The van der Waals surface area contributed by atoms with Crippen molar-refractivity contribution in [1.29, 1.82) is 0 Å². The summed E-state index contributed by atoms with van der Waals surface area (Å²) in [5.74, 6) is 0.807. The second kappa shape index (κ2) is 10.6. The van der Waals surface area contributed by atoms with Crippen LogP contribution in [0.4, 0.5) is 0 Å². The van der Waals surface area contributed by atoms with Crippen molar-refractivity contribution in [3.8, 4) is 11.5 Å². The SMILES string of the molecule is COc1ccc(S(=O)(=O)Oc2cccc(CN(C[C@@H]3CCCO3)C(=O)CC(C)(C)C)c2)cc1. The first-order valence-corrected chi connectivity index (χ1v) is 12.5. The Balaban J connectivity index is 1.75. The zero-order chi connectivity index (χ0) is 24.1. The highest BCUT2D eigenvalue weighted by Crippen LogP contribution is 2.25. The van der Waals surface area contributed by atoms with Gasteiger partial charge in [-0.2, -0.15) is 8.42 Å². The van der Waals surface area contributed by atoms with Gasteiger partial charge in [-0.25, -0.2) is 0 Å². The number of carbonyl (C=O) groups is 1. The number of hydrogen-bond donors (Lipinski definition) is 0. The van der Waals surface area contributed by atoms with E-state index in [1.807, 2.05) is 26.8 Å². The Morgan fingerprint density at radius 3 is 2.45 bits per heavy atom. The molecule has 1 aliphatic rings. The number of benzene rings is 2. The summed E-state index contributed by atoms with van der Waals surface area (Å²) >= 11 is 0. The Morgan fingerprint density at radius 2 is 1.85 bits per heavy atom. The van der Waals surface area contributed by atoms with Crippen molar-refractivity contribution in [2.75, 3.05) is 20.3 Å². The third-order valence-corrected chi connectivity index (χ3v) is 6.57. The van der Waals surface area contributed by atoms with Gasteiger partial charge in [0.05, 0.1) is 13.2 Å². The van der Waals surface area contributed by atoms with Gasteiger partial charge in [-0.1, -0.05) is 32.9 Å². The zero-order valence-electron chi connectivity index (χ0n) is 19.7. The molecule has 8 heteroatoms. The minimum absolute atomic E-state index is 0.0313. The highest BCUT2D eigenvalue weighted by atomic mass is 32.2. The normalized spacial score (nSPS) is 16.4. The van der Waals surface area contributed by atoms with Gasteiger partial charge < -0.3 is 18.6 Å².